The minimum Gasteiger partial charge on any atom is -0.372 e. The van der Waals surface area contributed by atoms with E-state index in [1.807, 2.05) is 17.0 Å². The number of anilines is 1. The summed E-state index contributed by atoms with van der Waals surface area (Å²) in [5, 5.41) is 4.76. The number of hydrogen-bond acceptors (Lipinski definition) is 5. The molecule has 1 N–H and O–H groups in total. The fourth-order valence-electron chi connectivity index (χ4n) is 4.95. The predicted octanol–water partition coefficient (Wildman–Crippen LogP) is 3.68. The Kier molecular flexibility index (Phi) is 4.38. The van der Waals surface area contributed by atoms with Crippen LogP contribution in [-0.2, 0) is 10.3 Å². The molecule has 0 bridgehead atoms. The number of thioether (sulfide) groups is 1. The van der Waals surface area contributed by atoms with Gasteiger partial charge in [-0.15, -0.1) is 11.8 Å². The Morgan fingerprint density at radius 3 is 2.71 bits per heavy atom. The molecule has 31 heavy (non-hydrogen) atoms. The zero-order chi connectivity index (χ0) is 20.8. The quantitative estimate of drug-likeness (QED) is 0.675. The Balaban J connectivity index is 1.19. The number of carbonyl (C=O) groups is 1. The molecule has 1 aromatic carbocycles. The van der Waals surface area contributed by atoms with Crippen LogP contribution in [0.3, 0.4) is 0 Å². The van der Waals surface area contributed by atoms with Crippen LogP contribution in [0.1, 0.15) is 24.1 Å². The number of piperidine rings is 1. The molecule has 3 aliphatic heterocycles. The van der Waals surface area contributed by atoms with E-state index in [0.717, 1.165) is 42.2 Å². The van der Waals surface area contributed by atoms with Crippen LogP contribution in [0.5, 0.6) is 0 Å². The number of hydrogen-bond donors (Lipinski definition) is 1. The molecule has 3 aliphatic rings. The summed E-state index contributed by atoms with van der Waals surface area (Å²) in [7, 11) is 0. The normalized spacial score (nSPS) is 21.2. The SMILES string of the molecule is O=C([C@@H]1CSC(c2ccncc2)=N1)N1CCC2(CC1)Nc1ccccc1-n1cccc12. The Bertz CT molecular complexity index is 1160. The zero-order valence-electron chi connectivity index (χ0n) is 17.1. The number of para-hydroxylation sites is 2. The number of amides is 1. The summed E-state index contributed by atoms with van der Waals surface area (Å²) in [5.74, 6) is 0.866. The van der Waals surface area contributed by atoms with E-state index >= 15 is 0 Å². The van der Waals surface area contributed by atoms with Crippen LogP contribution in [0.2, 0.25) is 0 Å². The number of aliphatic imine (C=N–C) groups is 1. The highest BCUT2D eigenvalue weighted by atomic mass is 32.2. The maximum absolute atomic E-state index is 13.2. The molecule has 0 unspecified atom stereocenters. The van der Waals surface area contributed by atoms with Crippen LogP contribution in [-0.4, -0.2) is 50.3 Å². The Morgan fingerprint density at radius 2 is 1.87 bits per heavy atom. The monoisotopic (exact) mass is 429 g/mol. The molecule has 1 fully saturated rings. The lowest BCUT2D eigenvalue weighted by molar-refractivity contribution is -0.133. The van der Waals surface area contributed by atoms with Crippen LogP contribution in [0.4, 0.5) is 5.69 Å². The number of aromatic nitrogens is 2. The first-order valence-electron chi connectivity index (χ1n) is 10.7. The van der Waals surface area contributed by atoms with Crippen molar-refractivity contribution in [2.75, 3.05) is 24.2 Å². The number of benzene rings is 1. The van der Waals surface area contributed by atoms with Crippen molar-refractivity contribution in [3.8, 4) is 5.69 Å². The minimum atomic E-state index is -0.286. The average molecular weight is 430 g/mol. The van der Waals surface area contributed by atoms with Crippen LogP contribution in [0, 0.1) is 0 Å². The molecule has 7 heteroatoms. The van der Waals surface area contributed by atoms with Crippen molar-refractivity contribution in [1.29, 1.82) is 0 Å². The fourth-order valence-corrected chi connectivity index (χ4v) is 5.98. The van der Waals surface area contributed by atoms with Crippen LogP contribution >= 0.6 is 11.8 Å². The topological polar surface area (TPSA) is 62.5 Å². The van der Waals surface area contributed by atoms with E-state index in [2.05, 4.69) is 57.5 Å². The van der Waals surface area contributed by atoms with E-state index in [1.54, 1.807) is 24.2 Å². The van der Waals surface area contributed by atoms with Crippen LogP contribution < -0.4 is 5.32 Å². The predicted molar refractivity (Wildman–Crippen MR) is 124 cm³/mol. The van der Waals surface area contributed by atoms with E-state index in [4.69, 9.17) is 4.99 Å². The summed E-state index contributed by atoms with van der Waals surface area (Å²) < 4.78 is 2.29. The van der Waals surface area contributed by atoms with Crippen molar-refractivity contribution in [1.82, 2.24) is 14.5 Å². The Hall–Kier alpha value is -3.06. The van der Waals surface area contributed by atoms with Gasteiger partial charge in [-0.2, -0.15) is 0 Å². The van der Waals surface area contributed by atoms with E-state index < -0.39 is 0 Å². The van der Waals surface area contributed by atoms with Gasteiger partial charge in [0.1, 0.15) is 6.04 Å². The maximum atomic E-state index is 13.2. The summed E-state index contributed by atoms with van der Waals surface area (Å²) in [6, 6.07) is 16.4. The van der Waals surface area contributed by atoms with Crippen LogP contribution in [0.15, 0.2) is 72.1 Å². The van der Waals surface area contributed by atoms with Gasteiger partial charge in [0, 0.05) is 48.7 Å². The molecule has 1 saturated heterocycles. The summed E-state index contributed by atoms with van der Waals surface area (Å²) >= 11 is 1.66. The van der Waals surface area contributed by atoms with Crippen molar-refractivity contribution in [2.45, 2.75) is 24.4 Å². The molecule has 5 heterocycles. The fraction of sp³-hybridized carbons (Fsp3) is 0.292. The summed E-state index contributed by atoms with van der Waals surface area (Å²) in [5.41, 5.74) is 4.54. The minimum absolute atomic E-state index is 0.134. The van der Waals surface area contributed by atoms with E-state index in [0.29, 0.717) is 5.75 Å². The number of nitrogens with one attached hydrogen (secondary N) is 1. The van der Waals surface area contributed by atoms with Gasteiger partial charge >= 0.3 is 0 Å². The largest absolute Gasteiger partial charge is 0.372 e. The highest BCUT2D eigenvalue weighted by molar-refractivity contribution is 8.14. The lowest BCUT2D eigenvalue weighted by atomic mass is 9.82. The second-order valence-corrected chi connectivity index (χ2v) is 9.32. The van der Waals surface area contributed by atoms with Gasteiger partial charge in [0.15, 0.2) is 0 Å². The lowest BCUT2D eigenvalue weighted by Crippen LogP contribution is -2.52. The molecule has 3 aromatic rings. The van der Waals surface area contributed by atoms with Crippen molar-refractivity contribution in [2.24, 2.45) is 4.99 Å². The number of nitrogens with zero attached hydrogens (tertiary/aromatic N) is 4. The van der Waals surface area contributed by atoms with Crippen LogP contribution in [0.25, 0.3) is 5.69 Å². The van der Waals surface area contributed by atoms with Gasteiger partial charge in [0.05, 0.1) is 22.0 Å². The first-order chi connectivity index (χ1) is 15.2. The molecule has 2 aromatic heterocycles. The highest BCUT2D eigenvalue weighted by Crippen LogP contribution is 2.43. The third-order valence-corrected chi connectivity index (χ3v) is 7.67. The summed E-state index contributed by atoms with van der Waals surface area (Å²) in [6.07, 6.45) is 7.45. The van der Waals surface area contributed by atoms with Gasteiger partial charge in [-0.05, 0) is 49.2 Å². The van der Waals surface area contributed by atoms with Gasteiger partial charge in [-0.1, -0.05) is 12.1 Å². The van der Waals surface area contributed by atoms with E-state index in [1.165, 1.54) is 11.4 Å². The highest BCUT2D eigenvalue weighted by Gasteiger charge is 2.43. The van der Waals surface area contributed by atoms with Crippen molar-refractivity contribution < 1.29 is 4.79 Å². The van der Waals surface area contributed by atoms with E-state index in [9.17, 15) is 4.79 Å². The molecule has 0 aliphatic carbocycles. The first kappa shape index (κ1) is 18.7. The standard InChI is InChI=1S/C24H23N5OS/c30-23(19-16-31-22(26-19)17-7-11-25-12-8-17)28-14-9-24(10-15-28)21-6-3-13-29(21)20-5-2-1-4-18(20)27-24/h1-8,11-13,19,27H,9-10,14-16H2/t19-/m0/s1. The van der Waals surface area contributed by atoms with E-state index in [-0.39, 0.29) is 17.5 Å². The second kappa shape index (κ2) is 7.27. The molecular formula is C24H23N5OS. The lowest BCUT2D eigenvalue weighted by Gasteiger charge is -2.46. The number of fused-ring (bicyclic) bond motifs is 4. The van der Waals surface area contributed by atoms with Gasteiger partial charge in [-0.25, -0.2) is 0 Å². The van der Waals surface area contributed by atoms with Gasteiger partial charge in [0.25, 0.3) is 0 Å². The zero-order valence-corrected chi connectivity index (χ0v) is 17.9. The first-order valence-corrected chi connectivity index (χ1v) is 11.7. The molecule has 1 spiro atoms. The summed E-state index contributed by atoms with van der Waals surface area (Å²) in [4.78, 5) is 24.0. The van der Waals surface area contributed by atoms with Crippen molar-refractivity contribution in [3.63, 3.8) is 0 Å². The molecule has 0 radical (unpaired) electrons. The number of rotatable bonds is 2. The average Bonchev–Trinajstić information content (AvgIpc) is 3.51. The Labute approximate surface area is 185 Å². The van der Waals surface area contributed by atoms with Crippen molar-refractivity contribution >= 4 is 28.4 Å². The third kappa shape index (κ3) is 3.07. The molecule has 156 valence electrons. The summed E-state index contributed by atoms with van der Waals surface area (Å²) in [6.45, 7) is 1.47. The van der Waals surface area contributed by atoms with Gasteiger partial charge < -0.3 is 14.8 Å². The Morgan fingerprint density at radius 1 is 1.06 bits per heavy atom. The molecule has 0 saturated carbocycles. The molecule has 1 atom stereocenters. The maximum Gasteiger partial charge on any atom is 0.248 e. The second-order valence-electron chi connectivity index (χ2n) is 8.31. The molecule has 1 amide bonds. The third-order valence-electron chi connectivity index (χ3n) is 6.57. The van der Waals surface area contributed by atoms with Gasteiger partial charge in [-0.3, -0.25) is 14.8 Å². The number of carbonyl (C=O) groups excluding carboxylic acids is 1. The smallest absolute Gasteiger partial charge is 0.248 e. The molecule has 6 nitrogen and oxygen atoms in total. The van der Waals surface area contributed by atoms with Crippen molar-refractivity contribution in [3.05, 3.63) is 78.4 Å². The molecule has 6 rings (SSSR count). The molecular weight excluding hydrogens is 406 g/mol. The van der Waals surface area contributed by atoms with Gasteiger partial charge in [0.2, 0.25) is 5.91 Å². The number of pyridine rings is 1. The number of likely N-dealkylation sites (tertiary alicyclic amines) is 1.